The summed E-state index contributed by atoms with van der Waals surface area (Å²) in [6.45, 7) is 5.01. The number of nitrogens with one attached hydrogen (secondary N) is 1. The van der Waals surface area contributed by atoms with E-state index < -0.39 is 4.92 Å². The maximum atomic E-state index is 12.0. The Balaban J connectivity index is 1.72. The first-order chi connectivity index (χ1) is 11.1. The molecule has 6 nitrogen and oxygen atoms in total. The molecule has 0 spiro atoms. The SMILES string of the molecule is CC1CCCCN1CCCNC(=O)Cc1ccccc1[N+](=O)[O-]. The monoisotopic (exact) mass is 319 g/mol. The Kier molecular flexibility index (Phi) is 6.52. The van der Waals surface area contributed by atoms with Crippen molar-refractivity contribution in [2.45, 2.75) is 45.1 Å². The Labute approximate surface area is 137 Å². The third kappa shape index (κ3) is 5.32. The quantitative estimate of drug-likeness (QED) is 0.476. The Morgan fingerprint density at radius 2 is 2.17 bits per heavy atom. The zero-order chi connectivity index (χ0) is 16.7. The average molecular weight is 319 g/mol. The number of nitro groups is 1. The van der Waals surface area contributed by atoms with Crippen LogP contribution < -0.4 is 5.32 Å². The number of para-hydroxylation sites is 1. The highest BCUT2D eigenvalue weighted by Gasteiger charge is 2.18. The summed E-state index contributed by atoms with van der Waals surface area (Å²) in [5.41, 5.74) is 0.462. The van der Waals surface area contributed by atoms with E-state index in [4.69, 9.17) is 0 Å². The van der Waals surface area contributed by atoms with Gasteiger partial charge in [-0.1, -0.05) is 24.6 Å². The van der Waals surface area contributed by atoms with Gasteiger partial charge < -0.3 is 10.2 Å². The number of carbonyl (C=O) groups is 1. The van der Waals surface area contributed by atoms with E-state index >= 15 is 0 Å². The summed E-state index contributed by atoms with van der Waals surface area (Å²) in [6, 6.07) is 7.02. The third-order valence-corrected chi connectivity index (χ3v) is 4.42. The fourth-order valence-electron chi connectivity index (χ4n) is 3.07. The minimum atomic E-state index is -0.444. The predicted molar refractivity (Wildman–Crippen MR) is 89.3 cm³/mol. The molecule has 0 bridgehead atoms. The number of hydrogen-bond donors (Lipinski definition) is 1. The maximum absolute atomic E-state index is 12.0. The predicted octanol–water partition coefficient (Wildman–Crippen LogP) is 2.52. The van der Waals surface area contributed by atoms with E-state index in [1.54, 1.807) is 18.2 Å². The number of hydrogen-bond acceptors (Lipinski definition) is 4. The molecule has 1 fully saturated rings. The van der Waals surface area contributed by atoms with Crippen LogP contribution in [0.2, 0.25) is 0 Å². The van der Waals surface area contributed by atoms with E-state index in [-0.39, 0.29) is 18.0 Å². The van der Waals surface area contributed by atoms with Crippen molar-refractivity contribution in [3.63, 3.8) is 0 Å². The lowest BCUT2D eigenvalue weighted by atomic mass is 10.0. The van der Waals surface area contributed by atoms with Crippen molar-refractivity contribution in [2.75, 3.05) is 19.6 Å². The number of carbonyl (C=O) groups excluding carboxylic acids is 1. The van der Waals surface area contributed by atoms with Gasteiger partial charge in [0.1, 0.15) is 0 Å². The van der Waals surface area contributed by atoms with Gasteiger partial charge in [0.05, 0.1) is 11.3 Å². The zero-order valence-corrected chi connectivity index (χ0v) is 13.7. The van der Waals surface area contributed by atoms with Crippen LogP contribution in [-0.2, 0) is 11.2 Å². The van der Waals surface area contributed by atoms with Crippen molar-refractivity contribution in [3.05, 3.63) is 39.9 Å². The van der Waals surface area contributed by atoms with Gasteiger partial charge in [0.15, 0.2) is 0 Å². The van der Waals surface area contributed by atoms with Crippen LogP contribution >= 0.6 is 0 Å². The second-order valence-corrected chi connectivity index (χ2v) is 6.15. The molecule has 1 unspecified atom stereocenters. The molecule has 0 aliphatic carbocycles. The molecule has 1 N–H and O–H groups in total. The summed E-state index contributed by atoms with van der Waals surface area (Å²) in [5.74, 6) is -0.161. The lowest BCUT2D eigenvalue weighted by molar-refractivity contribution is -0.385. The molecule has 1 aliphatic rings. The molecule has 1 aromatic carbocycles. The molecule has 1 amide bonds. The molecule has 0 aromatic heterocycles. The number of nitro benzene ring substituents is 1. The largest absolute Gasteiger partial charge is 0.356 e. The van der Waals surface area contributed by atoms with Crippen molar-refractivity contribution >= 4 is 11.6 Å². The Hall–Kier alpha value is -1.95. The van der Waals surface area contributed by atoms with E-state index in [1.807, 2.05) is 0 Å². The van der Waals surface area contributed by atoms with Crippen molar-refractivity contribution in [2.24, 2.45) is 0 Å². The maximum Gasteiger partial charge on any atom is 0.273 e. The lowest BCUT2D eigenvalue weighted by Crippen LogP contribution is -2.39. The molecule has 1 aromatic rings. The summed E-state index contributed by atoms with van der Waals surface area (Å²) in [7, 11) is 0. The van der Waals surface area contributed by atoms with E-state index in [0.29, 0.717) is 18.2 Å². The third-order valence-electron chi connectivity index (χ3n) is 4.42. The van der Waals surface area contributed by atoms with Crippen LogP contribution in [-0.4, -0.2) is 41.4 Å². The molecular formula is C17H25N3O3. The molecule has 1 aliphatic heterocycles. The molecule has 126 valence electrons. The molecule has 1 atom stereocenters. The second kappa shape index (κ2) is 8.62. The van der Waals surface area contributed by atoms with Crippen LogP contribution in [0.5, 0.6) is 0 Å². The summed E-state index contributed by atoms with van der Waals surface area (Å²) in [6.07, 6.45) is 4.78. The molecule has 1 heterocycles. The zero-order valence-electron chi connectivity index (χ0n) is 13.7. The smallest absolute Gasteiger partial charge is 0.273 e. The Bertz CT molecular complexity index is 548. The number of rotatable bonds is 7. The van der Waals surface area contributed by atoms with Crippen molar-refractivity contribution < 1.29 is 9.72 Å². The van der Waals surface area contributed by atoms with Crippen LogP contribution in [0, 0.1) is 10.1 Å². The minimum absolute atomic E-state index is 0.00444. The second-order valence-electron chi connectivity index (χ2n) is 6.15. The van der Waals surface area contributed by atoms with Crippen molar-refractivity contribution in [3.8, 4) is 0 Å². The van der Waals surface area contributed by atoms with Crippen molar-refractivity contribution in [1.82, 2.24) is 10.2 Å². The number of piperidine rings is 1. The summed E-state index contributed by atoms with van der Waals surface area (Å²) < 4.78 is 0. The molecule has 1 saturated heterocycles. The Morgan fingerprint density at radius 3 is 2.91 bits per heavy atom. The number of nitrogens with zero attached hydrogens (tertiary/aromatic N) is 2. The fraction of sp³-hybridized carbons (Fsp3) is 0.588. The van der Waals surface area contributed by atoms with E-state index in [2.05, 4.69) is 17.1 Å². The van der Waals surface area contributed by atoms with Crippen molar-refractivity contribution in [1.29, 1.82) is 0 Å². The Morgan fingerprint density at radius 1 is 1.39 bits per heavy atom. The lowest BCUT2D eigenvalue weighted by Gasteiger charge is -2.33. The first kappa shape index (κ1) is 17.4. The number of amides is 1. The number of likely N-dealkylation sites (tertiary alicyclic amines) is 1. The summed E-state index contributed by atoms with van der Waals surface area (Å²) in [5, 5.41) is 13.8. The molecular weight excluding hydrogens is 294 g/mol. The highest BCUT2D eigenvalue weighted by Crippen LogP contribution is 2.18. The average Bonchev–Trinajstić information content (AvgIpc) is 2.53. The first-order valence-electron chi connectivity index (χ1n) is 8.31. The summed E-state index contributed by atoms with van der Waals surface area (Å²) in [4.78, 5) is 24.9. The van der Waals surface area contributed by atoms with Gasteiger partial charge in [-0.05, 0) is 32.7 Å². The van der Waals surface area contributed by atoms with Gasteiger partial charge in [-0.2, -0.15) is 0 Å². The molecule has 23 heavy (non-hydrogen) atoms. The van der Waals surface area contributed by atoms with Crippen LogP contribution in [0.4, 0.5) is 5.69 Å². The van der Waals surface area contributed by atoms with E-state index in [1.165, 1.54) is 25.3 Å². The van der Waals surface area contributed by atoms with Crippen LogP contribution in [0.15, 0.2) is 24.3 Å². The molecule has 6 heteroatoms. The number of benzene rings is 1. The molecule has 2 rings (SSSR count). The first-order valence-corrected chi connectivity index (χ1v) is 8.31. The van der Waals surface area contributed by atoms with Gasteiger partial charge in [-0.3, -0.25) is 14.9 Å². The van der Waals surface area contributed by atoms with E-state index in [0.717, 1.165) is 19.5 Å². The highest BCUT2D eigenvalue weighted by molar-refractivity contribution is 5.79. The van der Waals surface area contributed by atoms with Gasteiger partial charge in [-0.15, -0.1) is 0 Å². The van der Waals surface area contributed by atoms with Crippen LogP contribution in [0.3, 0.4) is 0 Å². The normalized spacial score (nSPS) is 18.6. The van der Waals surface area contributed by atoms with E-state index in [9.17, 15) is 14.9 Å². The minimum Gasteiger partial charge on any atom is -0.356 e. The van der Waals surface area contributed by atoms with Crippen LogP contribution in [0.25, 0.3) is 0 Å². The van der Waals surface area contributed by atoms with Gasteiger partial charge in [0.25, 0.3) is 5.69 Å². The van der Waals surface area contributed by atoms with Gasteiger partial charge >= 0.3 is 0 Å². The van der Waals surface area contributed by atoms with Crippen LogP contribution in [0.1, 0.15) is 38.2 Å². The molecule has 0 radical (unpaired) electrons. The molecule has 0 saturated carbocycles. The highest BCUT2D eigenvalue weighted by atomic mass is 16.6. The van der Waals surface area contributed by atoms with Gasteiger partial charge in [0.2, 0.25) is 5.91 Å². The standard InChI is InChI=1S/C17H25N3O3/c1-14-7-4-5-11-19(14)12-6-10-18-17(21)13-15-8-2-3-9-16(15)20(22)23/h2-3,8-9,14H,4-7,10-13H2,1H3,(H,18,21). The van der Waals surface area contributed by atoms with Gasteiger partial charge in [0, 0.05) is 30.8 Å². The summed E-state index contributed by atoms with van der Waals surface area (Å²) >= 11 is 0. The fourth-order valence-corrected chi connectivity index (χ4v) is 3.07. The topological polar surface area (TPSA) is 75.5 Å². The van der Waals surface area contributed by atoms with Gasteiger partial charge in [-0.25, -0.2) is 0 Å².